The molecule has 29 heavy (non-hydrogen) atoms. The number of hydrogen-bond donors (Lipinski definition) is 1. The monoisotopic (exact) mass is 391 g/mol. The van der Waals surface area contributed by atoms with E-state index >= 15 is 0 Å². The molecule has 0 spiro atoms. The van der Waals surface area contributed by atoms with E-state index in [9.17, 15) is 9.59 Å². The van der Waals surface area contributed by atoms with E-state index in [-0.39, 0.29) is 11.8 Å². The minimum atomic E-state index is -0.00931. The molecule has 0 aliphatic carbocycles. The zero-order chi connectivity index (χ0) is 20.6. The van der Waals surface area contributed by atoms with Crippen LogP contribution in [0, 0.1) is 6.92 Å². The largest absolute Gasteiger partial charge is 0.337 e. The Morgan fingerprint density at radius 1 is 1.00 bits per heavy atom. The number of amides is 2. The second kappa shape index (κ2) is 10.0. The summed E-state index contributed by atoms with van der Waals surface area (Å²) < 4.78 is 0. The number of nitrogens with zero attached hydrogens (tertiary/aromatic N) is 2. The third-order valence-corrected chi connectivity index (χ3v) is 5.22. The van der Waals surface area contributed by atoms with Gasteiger partial charge in [0.1, 0.15) is 0 Å². The van der Waals surface area contributed by atoms with E-state index in [1.54, 1.807) is 6.08 Å². The van der Waals surface area contributed by atoms with Crippen LogP contribution in [0.5, 0.6) is 0 Å². The van der Waals surface area contributed by atoms with Gasteiger partial charge in [-0.25, -0.2) is 0 Å². The SMILES string of the molecule is CCc1ccccc1NC(=O)CN1CCN(C(=O)/C=C/c2ccc(C)cc2)CC1. The number of para-hydroxylation sites is 1. The van der Waals surface area contributed by atoms with Crippen molar-refractivity contribution in [3.05, 3.63) is 71.3 Å². The Kier molecular flexibility index (Phi) is 7.19. The first-order valence-electron chi connectivity index (χ1n) is 10.2. The van der Waals surface area contributed by atoms with Gasteiger partial charge in [0.05, 0.1) is 6.54 Å². The molecule has 5 nitrogen and oxygen atoms in total. The number of rotatable bonds is 6. The summed E-state index contributed by atoms with van der Waals surface area (Å²) in [6.45, 7) is 7.14. The molecule has 1 fully saturated rings. The van der Waals surface area contributed by atoms with Crippen LogP contribution in [0.25, 0.3) is 6.08 Å². The second-order valence-electron chi connectivity index (χ2n) is 7.40. The lowest BCUT2D eigenvalue weighted by Gasteiger charge is -2.33. The van der Waals surface area contributed by atoms with Gasteiger partial charge >= 0.3 is 0 Å². The summed E-state index contributed by atoms with van der Waals surface area (Å²) >= 11 is 0. The number of nitrogens with one attached hydrogen (secondary N) is 1. The minimum Gasteiger partial charge on any atom is -0.337 e. The van der Waals surface area contributed by atoms with Crippen molar-refractivity contribution in [2.75, 3.05) is 38.0 Å². The number of aryl methyl sites for hydroxylation is 2. The molecule has 2 aromatic rings. The van der Waals surface area contributed by atoms with Crippen molar-refractivity contribution in [1.29, 1.82) is 0 Å². The fourth-order valence-corrected chi connectivity index (χ4v) is 3.42. The van der Waals surface area contributed by atoms with Crippen LogP contribution in [-0.4, -0.2) is 54.3 Å². The third-order valence-electron chi connectivity index (χ3n) is 5.22. The number of carbonyl (C=O) groups excluding carboxylic acids is 2. The van der Waals surface area contributed by atoms with E-state index in [2.05, 4.69) is 17.1 Å². The number of piperazine rings is 1. The van der Waals surface area contributed by atoms with Crippen LogP contribution in [0.4, 0.5) is 5.69 Å². The highest BCUT2D eigenvalue weighted by Crippen LogP contribution is 2.15. The van der Waals surface area contributed by atoms with Crippen LogP contribution in [-0.2, 0) is 16.0 Å². The lowest BCUT2D eigenvalue weighted by Crippen LogP contribution is -2.50. The molecular weight excluding hydrogens is 362 g/mol. The van der Waals surface area contributed by atoms with Crippen LogP contribution in [0.1, 0.15) is 23.6 Å². The van der Waals surface area contributed by atoms with Gasteiger partial charge in [-0.2, -0.15) is 0 Å². The van der Waals surface area contributed by atoms with Crippen molar-refractivity contribution >= 4 is 23.6 Å². The average Bonchev–Trinajstić information content (AvgIpc) is 2.74. The molecule has 1 saturated heterocycles. The van der Waals surface area contributed by atoms with Gasteiger partial charge in [0.15, 0.2) is 0 Å². The number of benzene rings is 2. The first-order valence-corrected chi connectivity index (χ1v) is 10.2. The van der Waals surface area contributed by atoms with Crippen molar-refractivity contribution in [2.45, 2.75) is 20.3 Å². The molecule has 3 rings (SSSR count). The third kappa shape index (κ3) is 6.03. The Hall–Kier alpha value is -2.92. The predicted octanol–water partition coefficient (Wildman–Crippen LogP) is 3.35. The molecule has 2 aromatic carbocycles. The average molecular weight is 392 g/mol. The van der Waals surface area contributed by atoms with E-state index < -0.39 is 0 Å². The van der Waals surface area contributed by atoms with Crippen molar-refractivity contribution in [3.8, 4) is 0 Å². The van der Waals surface area contributed by atoms with E-state index in [0.717, 1.165) is 23.2 Å². The zero-order valence-electron chi connectivity index (χ0n) is 17.2. The summed E-state index contributed by atoms with van der Waals surface area (Å²) in [4.78, 5) is 28.8. The fourth-order valence-electron chi connectivity index (χ4n) is 3.42. The van der Waals surface area contributed by atoms with Gasteiger partial charge in [-0.15, -0.1) is 0 Å². The van der Waals surface area contributed by atoms with Gasteiger partial charge in [0.2, 0.25) is 11.8 Å². The molecule has 0 saturated carbocycles. The highest BCUT2D eigenvalue weighted by Gasteiger charge is 2.21. The van der Waals surface area contributed by atoms with Crippen LogP contribution < -0.4 is 5.32 Å². The molecule has 0 unspecified atom stereocenters. The zero-order valence-corrected chi connectivity index (χ0v) is 17.2. The Morgan fingerprint density at radius 3 is 2.38 bits per heavy atom. The quantitative estimate of drug-likeness (QED) is 0.769. The van der Waals surface area contributed by atoms with Gasteiger partial charge in [-0.1, -0.05) is 55.0 Å². The smallest absolute Gasteiger partial charge is 0.246 e. The Balaban J connectivity index is 1.45. The summed E-state index contributed by atoms with van der Waals surface area (Å²) in [6.07, 6.45) is 4.37. The number of anilines is 1. The van der Waals surface area contributed by atoms with Gasteiger partial charge in [-0.05, 0) is 36.6 Å². The lowest BCUT2D eigenvalue weighted by molar-refractivity contribution is -0.127. The Labute approximate surface area is 173 Å². The van der Waals surface area contributed by atoms with E-state index in [1.165, 1.54) is 5.56 Å². The maximum atomic E-state index is 12.4. The molecule has 5 heteroatoms. The van der Waals surface area contributed by atoms with Crippen LogP contribution >= 0.6 is 0 Å². The molecule has 0 radical (unpaired) electrons. The molecule has 1 N–H and O–H groups in total. The molecule has 1 heterocycles. The molecule has 2 amide bonds. The molecule has 1 aliphatic heterocycles. The van der Waals surface area contributed by atoms with Gasteiger partial charge in [-0.3, -0.25) is 14.5 Å². The molecule has 1 aliphatic rings. The van der Waals surface area contributed by atoms with E-state index in [4.69, 9.17) is 0 Å². The molecule has 0 aromatic heterocycles. The topological polar surface area (TPSA) is 52.7 Å². The summed E-state index contributed by atoms with van der Waals surface area (Å²) in [5.41, 5.74) is 4.24. The van der Waals surface area contributed by atoms with Gasteiger partial charge < -0.3 is 10.2 Å². The van der Waals surface area contributed by atoms with Crippen LogP contribution in [0.3, 0.4) is 0 Å². The first kappa shape index (κ1) is 20.8. The van der Waals surface area contributed by atoms with E-state index in [1.807, 2.05) is 66.4 Å². The Morgan fingerprint density at radius 2 is 1.69 bits per heavy atom. The summed E-state index contributed by atoms with van der Waals surface area (Å²) in [7, 11) is 0. The second-order valence-corrected chi connectivity index (χ2v) is 7.40. The highest BCUT2D eigenvalue weighted by molar-refractivity contribution is 5.93. The number of hydrogen-bond acceptors (Lipinski definition) is 3. The molecule has 0 bridgehead atoms. The van der Waals surface area contributed by atoms with Crippen molar-refractivity contribution in [1.82, 2.24) is 9.80 Å². The molecule has 152 valence electrons. The van der Waals surface area contributed by atoms with Crippen LogP contribution in [0.2, 0.25) is 0 Å². The number of carbonyl (C=O) groups is 2. The maximum Gasteiger partial charge on any atom is 0.246 e. The van der Waals surface area contributed by atoms with E-state index in [0.29, 0.717) is 32.7 Å². The predicted molar refractivity (Wildman–Crippen MR) is 118 cm³/mol. The summed E-state index contributed by atoms with van der Waals surface area (Å²) in [6, 6.07) is 16.0. The standard InChI is InChI=1S/C24H29N3O2/c1-3-21-6-4-5-7-22(21)25-23(28)18-26-14-16-27(17-15-26)24(29)13-12-20-10-8-19(2)9-11-20/h4-13H,3,14-18H2,1-2H3,(H,25,28)/b13-12+. The van der Waals surface area contributed by atoms with Gasteiger partial charge in [0, 0.05) is 37.9 Å². The maximum absolute atomic E-state index is 12.4. The van der Waals surface area contributed by atoms with Gasteiger partial charge in [0.25, 0.3) is 0 Å². The lowest BCUT2D eigenvalue weighted by atomic mass is 10.1. The van der Waals surface area contributed by atoms with Crippen LogP contribution in [0.15, 0.2) is 54.6 Å². The highest BCUT2D eigenvalue weighted by atomic mass is 16.2. The Bertz CT molecular complexity index is 866. The molecular formula is C24H29N3O2. The molecule has 0 atom stereocenters. The van der Waals surface area contributed by atoms with Crippen molar-refractivity contribution < 1.29 is 9.59 Å². The van der Waals surface area contributed by atoms with Crippen molar-refractivity contribution in [2.24, 2.45) is 0 Å². The first-order chi connectivity index (χ1) is 14.0. The summed E-state index contributed by atoms with van der Waals surface area (Å²) in [5.74, 6) is 0.0106. The minimum absolute atomic E-state index is 0.00931. The summed E-state index contributed by atoms with van der Waals surface area (Å²) in [5, 5.41) is 3.01. The van der Waals surface area contributed by atoms with Crippen molar-refractivity contribution in [3.63, 3.8) is 0 Å². The fraction of sp³-hybridized carbons (Fsp3) is 0.333. The normalized spacial score (nSPS) is 14.9.